The van der Waals surface area contributed by atoms with E-state index in [0.717, 1.165) is 11.1 Å². The summed E-state index contributed by atoms with van der Waals surface area (Å²) in [5, 5.41) is 12.8. The molecular weight excluding hydrogens is 422 g/mol. The molecule has 2 heterocycles. The van der Waals surface area contributed by atoms with Crippen LogP contribution in [0.5, 0.6) is 0 Å². The minimum absolute atomic E-state index is 0.180. The van der Waals surface area contributed by atoms with Crippen LogP contribution in [0.2, 0.25) is 0 Å². The number of ether oxygens (including phenoxy) is 3. The van der Waals surface area contributed by atoms with E-state index in [1.807, 2.05) is 12.3 Å². The number of carbonyl (C=O) groups is 3. The van der Waals surface area contributed by atoms with Gasteiger partial charge in [0.25, 0.3) is 0 Å². The van der Waals surface area contributed by atoms with Crippen LogP contribution in [0, 0.1) is 6.92 Å². The maximum Gasteiger partial charge on any atom is 0.331 e. The van der Waals surface area contributed by atoms with Crippen molar-refractivity contribution in [1.82, 2.24) is 4.98 Å². The molecule has 0 bridgehead atoms. The van der Waals surface area contributed by atoms with Crippen molar-refractivity contribution in [2.75, 3.05) is 0 Å². The fourth-order valence-corrected chi connectivity index (χ4v) is 3.27. The highest BCUT2D eigenvalue weighted by Crippen LogP contribution is 2.19. The molecule has 1 aliphatic heterocycles. The highest BCUT2D eigenvalue weighted by Gasteiger charge is 2.23. The molecule has 4 atom stereocenters. The number of cyclic esters (lactones) is 3. The number of aliphatic hydroxyl groups excluding tert-OH is 1. The summed E-state index contributed by atoms with van der Waals surface area (Å²) < 4.78 is 15.9. The molecule has 168 valence electrons. The second-order valence-corrected chi connectivity index (χ2v) is 8.30. The van der Waals surface area contributed by atoms with Crippen molar-refractivity contribution >= 4 is 35.3 Å². The molecular formula is C22H27NO7S. The van der Waals surface area contributed by atoms with Gasteiger partial charge in [-0.05, 0) is 45.4 Å². The lowest BCUT2D eigenvalue weighted by Gasteiger charge is -2.20. The molecule has 0 fully saturated rings. The average molecular weight is 450 g/mol. The van der Waals surface area contributed by atoms with Gasteiger partial charge in [-0.2, -0.15) is 0 Å². The molecule has 0 saturated carbocycles. The van der Waals surface area contributed by atoms with Crippen LogP contribution in [-0.2, 0) is 28.6 Å². The molecule has 1 aromatic rings. The lowest BCUT2D eigenvalue weighted by Crippen LogP contribution is -2.28. The van der Waals surface area contributed by atoms with Gasteiger partial charge in [-0.25, -0.2) is 14.6 Å². The monoisotopic (exact) mass is 449 g/mol. The Kier molecular flexibility index (Phi) is 9.14. The summed E-state index contributed by atoms with van der Waals surface area (Å²) in [5.74, 6) is -1.95. The summed E-state index contributed by atoms with van der Waals surface area (Å²) in [6.07, 6.45) is 3.41. The third-order valence-electron chi connectivity index (χ3n) is 4.40. The smallest absolute Gasteiger partial charge is 0.331 e. The molecule has 1 N–H and O–H groups in total. The van der Waals surface area contributed by atoms with E-state index in [0.29, 0.717) is 17.7 Å². The van der Waals surface area contributed by atoms with Crippen LogP contribution in [0.25, 0.3) is 6.08 Å². The zero-order valence-electron chi connectivity index (χ0n) is 17.9. The van der Waals surface area contributed by atoms with Crippen molar-refractivity contribution in [2.24, 2.45) is 0 Å². The summed E-state index contributed by atoms with van der Waals surface area (Å²) in [5.41, 5.74) is 1.33. The molecule has 0 aliphatic carbocycles. The molecule has 0 spiro atoms. The van der Waals surface area contributed by atoms with E-state index in [2.05, 4.69) is 4.98 Å². The molecule has 0 radical (unpaired) electrons. The van der Waals surface area contributed by atoms with E-state index in [4.69, 9.17) is 14.2 Å². The summed E-state index contributed by atoms with van der Waals surface area (Å²) >= 11 is 1.49. The Hall–Kier alpha value is -2.78. The lowest BCUT2D eigenvalue weighted by atomic mass is 10.1. The summed E-state index contributed by atoms with van der Waals surface area (Å²) in [6, 6.07) is 0. The Morgan fingerprint density at radius 1 is 1.16 bits per heavy atom. The van der Waals surface area contributed by atoms with Gasteiger partial charge < -0.3 is 19.3 Å². The zero-order chi connectivity index (χ0) is 23.0. The number of aryl methyl sites for hydroxylation is 1. The molecule has 0 unspecified atom stereocenters. The Morgan fingerprint density at radius 3 is 2.55 bits per heavy atom. The van der Waals surface area contributed by atoms with Gasteiger partial charge in [0.2, 0.25) is 0 Å². The first kappa shape index (κ1) is 24.5. The number of nitrogens with zero attached hydrogens (tertiary/aromatic N) is 1. The topological polar surface area (TPSA) is 112 Å². The molecule has 0 amide bonds. The second kappa shape index (κ2) is 11.6. The molecule has 8 nitrogen and oxygen atoms in total. The first-order valence-electron chi connectivity index (χ1n) is 9.88. The third-order valence-corrected chi connectivity index (χ3v) is 5.19. The van der Waals surface area contributed by atoms with Gasteiger partial charge in [-0.1, -0.05) is 6.08 Å². The first-order chi connectivity index (χ1) is 14.6. The Balaban J connectivity index is 2.25. The molecule has 31 heavy (non-hydrogen) atoms. The maximum atomic E-state index is 12.4. The number of hydrogen-bond donors (Lipinski definition) is 1. The Bertz CT molecular complexity index is 886. The van der Waals surface area contributed by atoms with E-state index >= 15 is 0 Å². The molecule has 0 saturated heterocycles. The standard InChI is InChI=1S/C22H27NO7S/c1-13(10-17-12-31-16(4)23-17)19-11-22(27)28-14(2)6-5-7-20(25)29-15(3)18(24)8-9-21(26)30-19/h5,7-10,12,14-15,18-19,24H,6,11H2,1-4H3/b7-5-,9-8-,13-10-/t14-,15-,18+,19-/m0/s1. The number of carbonyl (C=O) groups excluding carboxylic acids is 3. The lowest BCUT2D eigenvalue weighted by molar-refractivity contribution is -0.153. The Labute approximate surface area is 185 Å². The summed E-state index contributed by atoms with van der Waals surface area (Å²) in [6.45, 7) is 6.81. The predicted molar refractivity (Wildman–Crippen MR) is 115 cm³/mol. The van der Waals surface area contributed by atoms with Crippen LogP contribution in [0.3, 0.4) is 0 Å². The van der Waals surface area contributed by atoms with Gasteiger partial charge in [-0.15, -0.1) is 11.3 Å². The van der Waals surface area contributed by atoms with E-state index in [9.17, 15) is 19.5 Å². The number of hydrogen-bond acceptors (Lipinski definition) is 9. The first-order valence-corrected chi connectivity index (χ1v) is 10.8. The van der Waals surface area contributed by atoms with Crippen LogP contribution < -0.4 is 0 Å². The zero-order valence-corrected chi connectivity index (χ0v) is 18.8. The SMILES string of the molecule is C/C(=C/c1csc(C)n1)[C@@H]1CC(=O)O[C@@H](C)C/C=C\C(=O)O[C@@H](C)[C@H](O)/C=C\C(=O)O1. The molecule has 2 rings (SSSR count). The van der Waals surface area contributed by atoms with Gasteiger partial charge in [0.05, 0.1) is 17.1 Å². The normalized spacial score (nSPS) is 28.9. The van der Waals surface area contributed by atoms with Gasteiger partial charge in [0.1, 0.15) is 24.4 Å². The quantitative estimate of drug-likeness (QED) is 0.542. The fourth-order valence-electron chi connectivity index (χ4n) is 2.70. The van der Waals surface area contributed by atoms with Crippen molar-refractivity contribution < 1.29 is 33.7 Å². The summed E-state index contributed by atoms with van der Waals surface area (Å²) in [7, 11) is 0. The number of aromatic nitrogens is 1. The van der Waals surface area contributed by atoms with Gasteiger partial charge in [0, 0.05) is 24.0 Å². The predicted octanol–water partition coefficient (Wildman–Crippen LogP) is 2.90. The maximum absolute atomic E-state index is 12.4. The van der Waals surface area contributed by atoms with Crippen LogP contribution in [0.4, 0.5) is 0 Å². The van der Waals surface area contributed by atoms with Crippen molar-refractivity contribution in [3.8, 4) is 0 Å². The van der Waals surface area contributed by atoms with Crippen LogP contribution in [0.1, 0.15) is 44.3 Å². The number of rotatable bonds is 2. The van der Waals surface area contributed by atoms with E-state index in [1.165, 1.54) is 36.5 Å². The van der Waals surface area contributed by atoms with E-state index < -0.39 is 42.3 Å². The van der Waals surface area contributed by atoms with Gasteiger partial charge >= 0.3 is 17.9 Å². The molecule has 1 aliphatic rings. The summed E-state index contributed by atoms with van der Waals surface area (Å²) in [4.78, 5) is 40.8. The van der Waals surface area contributed by atoms with Crippen molar-refractivity contribution in [2.45, 2.75) is 65.0 Å². The van der Waals surface area contributed by atoms with E-state index in [1.54, 1.807) is 19.9 Å². The van der Waals surface area contributed by atoms with Gasteiger partial charge in [0.15, 0.2) is 0 Å². The van der Waals surface area contributed by atoms with Crippen molar-refractivity contribution in [3.05, 3.63) is 46.0 Å². The third kappa shape index (κ3) is 8.47. The Morgan fingerprint density at radius 2 is 1.87 bits per heavy atom. The fraction of sp³-hybridized carbons (Fsp3) is 0.455. The second-order valence-electron chi connectivity index (χ2n) is 7.24. The minimum Gasteiger partial charge on any atom is -0.462 e. The molecule has 0 aromatic carbocycles. The largest absolute Gasteiger partial charge is 0.462 e. The van der Waals surface area contributed by atoms with Crippen molar-refractivity contribution in [3.63, 3.8) is 0 Å². The van der Waals surface area contributed by atoms with Crippen LogP contribution in [0.15, 0.2) is 35.3 Å². The van der Waals surface area contributed by atoms with Crippen LogP contribution >= 0.6 is 11.3 Å². The number of esters is 3. The average Bonchev–Trinajstić information content (AvgIpc) is 3.09. The van der Waals surface area contributed by atoms with E-state index in [-0.39, 0.29) is 6.42 Å². The van der Waals surface area contributed by atoms with Gasteiger partial charge in [-0.3, -0.25) is 4.79 Å². The molecule has 1 aromatic heterocycles. The highest BCUT2D eigenvalue weighted by molar-refractivity contribution is 7.09. The number of thiazole rings is 1. The minimum atomic E-state index is -1.20. The number of aliphatic hydroxyl groups is 1. The highest BCUT2D eigenvalue weighted by atomic mass is 32.1. The van der Waals surface area contributed by atoms with Crippen LogP contribution in [-0.4, -0.2) is 52.4 Å². The van der Waals surface area contributed by atoms with Crippen molar-refractivity contribution in [1.29, 1.82) is 0 Å². The molecule has 9 heteroatoms.